The van der Waals surface area contributed by atoms with E-state index in [4.69, 9.17) is 59.8 Å². The third-order valence-electron chi connectivity index (χ3n) is 20.5. The maximum absolute atomic E-state index is 11.2. The van der Waals surface area contributed by atoms with Gasteiger partial charge in [-0.1, -0.05) is 261 Å². The van der Waals surface area contributed by atoms with Crippen LogP contribution < -0.4 is 0 Å². The van der Waals surface area contributed by atoms with E-state index in [2.05, 4.69) is 119 Å². The SMILES string of the molecule is Cc1cccc(-c2cc(C#N)ccc2-n2c3ccc(-c4nc(-c5ccccc5)nc(-c5ccccc5)n4)cc3c3cc(-c4nc(-c5ccccc5)nc(-c5ccccc5)n4)ccc32)c1-n1c2ccc(-c3nc(-c4ccccc4)nc(-c4ccccc4)n3)cc2c2cc(-c3nc(-c4ccccc4)nc(-c4ccccc4)n3)ccc21. The summed E-state index contributed by atoms with van der Waals surface area (Å²) < 4.78 is 4.67. The van der Waals surface area contributed by atoms with Crippen LogP contribution in [0.1, 0.15) is 11.1 Å². The highest BCUT2D eigenvalue weighted by Gasteiger charge is 2.27. The fourth-order valence-corrected chi connectivity index (χ4v) is 15.0. The van der Waals surface area contributed by atoms with Gasteiger partial charge in [0.1, 0.15) is 0 Å². The Bertz CT molecular complexity index is 6500. The largest absolute Gasteiger partial charge is 0.309 e. The van der Waals surface area contributed by atoms with Crippen molar-refractivity contribution < 1.29 is 0 Å². The highest BCUT2D eigenvalue weighted by molar-refractivity contribution is 6.14. The van der Waals surface area contributed by atoms with Crippen LogP contribution >= 0.6 is 0 Å². The number of para-hydroxylation sites is 1. The lowest BCUT2D eigenvalue weighted by Gasteiger charge is -2.20. The molecule has 20 rings (SSSR count). The number of aromatic nitrogens is 14. The number of aryl methyl sites for hydroxylation is 1. The molecule has 0 saturated carbocycles. The van der Waals surface area contributed by atoms with Crippen LogP contribution in [0.15, 0.2) is 352 Å². The summed E-state index contributed by atoms with van der Waals surface area (Å²) in [4.78, 5) is 62.3. The summed E-state index contributed by atoms with van der Waals surface area (Å²) in [6.07, 6.45) is 0. The monoisotopic (exact) mass is 1450 g/mol. The molecule has 0 fully saturated rings. The van der Waals surface area contributed by atoms with E-state index in [1.807, 2.05) is 255 Å². The van der Waals surface area contributed by atoms with E-state index in [0.29, 0.717) is 75.5 Å². The van der Waals surface area contributed by atoms with Crippen LogP contribution in [-0.4, -0.2) is 68.9 Å². The zero-order valence-corrected chi connectivity index (χ0v) is 60.7. The van der Waals surface area contributed by atoms with Gasteiger partial charge in [-0.05, 0) is 103 Å². The van der Waals surface area contributed by atoms with E-state index >= 15 is 0 Å². The van der Waals surface area contributed by atoms with Crippen molar-refractivity contribution in [1.82, 2.24) is 68.9 Å². The maximum atomic E-state index is 11.2. The van der Waals surface area contributed by atoms with E-state index in [0.717, 1.165) is 138 Å². The van der Waals surface area contributed by atoms with Crippen molar-refractivity contribution in [3.63, 3.8) is 0 Å². The molecule has 528 valence electrons. The van der Waals surface area contributed by atoms with Gasteiger partial charge in [0.05, 0.1) is 45.1 Å². The molecule has 113 heavy (non-hydrogen) atoms. The molecule has 0 saturated heterocycles. The summed E-state index contributed by atoms with van der Waals surface area (Å²) in [6.45, 7) is 2.15. The molecule has 0 aliphatic carbocycles. The normalized spacial score (nSPS) is 11.4. The summed E-state index contributed by atoms with van der Waals surface area (Å²) >= 11 is 0. The predicted octanol–water partition coefficient (Wildman–Crippen LogP) is 22.5. The van der Waals surface area contributed by atoms with E-state index < -0.39 is 0 Å². The smallest absolute Gasteiger partial charge is 0.164 e. The molecule has 15 nitrogen and oxygen atoms in total. The third kappa shape index (κ3) is 12.5. The van der Waals surface area contributed by atoms with Gasteiger partial charge in [-0.25, -0.2) is 59.8 Å². The summed E-state index contributed by atoms with van der Waals surface area (Å²) in [5.41, 5.74) is 18.5. The second-order valence-electron chi connectivity index (χ2n) is 27.6. The molecule has 0 unspecified atom stereocenters. The van der Waals surface area contributed by atoms with Gasteiger partial charge >= 0.3 is 0 Å². The first-order valence-corrected chi connectivity index (χ1v) is 37.2. The first-order valence-electron chi connectivity index (χ1n) is 37.2. The van der Waals surface area contributed by atoms with Gasteiger partial charge < -0.3 is 9.13 Å². The molecule has 0 atom stereocenters. The number of rotatable bonds is 15. The molecule has 0 aliphatic heterocycles. The maximum Gasteiger partial charge on any atom is 0.164 e. The molecule has 0 aliphatic rings. The van der Waals surface area contributed by atoms with E-state index in [-0.39, 0.29) is 0 Å². The van der Waals surface area contributed by atoms with Gasteiger partial charge in [-0.2, -0.15) is 5.26 Å². The second kappa shape index (κ2) is 28.4. The van der Waals surface area contributed by atoms with Crippen LogP contribution in [0.4, 0.5) is 0 Å². The van der Waals surface area contributed by atoms with Crippen molar-refractivity contribution >= 4 is 43.6 Å². The Balaban J connectivity index is 0.820. The summed E-state index contributed by atoms with van der Waals surface area (Å²) in [5.74, 6) is 6.45. The summed E-state index contributed by atoms with van der Waals surface area (Å²) in [6, 6.07) is 121. The fourth-order valence-electron chi connectivity index (χ4n) is 15.0. The number of nitriles is 1. The van der Waals surface area contributed by atoms with Crippen molar-refractivity contribution in [2.75, 3.05) is 0 Å². The lowest BCUT2D eigenvalue weighted by atomic mass is 9.96. The van der Waals surface area contributed by atoms with Crippen LogP contribution in [0.25, 0.3) is 203 Å². The molecule has 20 aromatic rings. The third-order valence-corrected chi connectivity index (χ3v) is 20.5. The Labute approximate surface area is 649 Å². The van der Waals surface area contributed by atoms with Crippen molar-refractivity contribution in [2.45, 2.75) is 6.92 Å². The zero-order chi connectivity index (χ0) is 75.3. The predicted molar refractivity (Wildman–Crippen MR) is 449 cm³/mol. The van der Waals surface area contributed by atoms with Gasteiger partial charge in [0.25, 0.3) is 0 Å². The van der Waals surface area contributed by atoms with Gasteiger partial charge in [0.15, 0.2) is 69.9 Å². The molecular formula is C98H61N15. The average molecular weight is 1450 g/mol. The number of fused-ring (bicyclic) bond motifs is 6. The van der Waals surface area contributed by atoms with E-state index in [1.165, 1.54) is 0 Å². The Morgan fingerprint density at radius 2 is 0.451 bits per heavy atom. The van der Waals surface area contributed by atoms with Gasteiger partial charge in [-0.15, -0.1) is 0 Å². The van der Waals surface area contributed by atoms with Crippen LogP contribution in [0.3, 0.4) is 0 Å². The highest BCUT2D eigenvalue weighted by atomic mass is 15.1. The molecule has 0 bridgehead atoms. The van der Waals surface area contributed by atoms with Crippen LogP contribution in [0.5, 0.6) is 0 Å². The first-order chi connectivity index (χ1) is 55.8. The minimum absolute atomic E-state index is 0.485. The second-order valence-corrected chi connectivity index (χ2v) is 27.6. The van der Waals surface area contributed by atoms with Crippen LogP contribution in [-0.2, 0) is 0 Å². The van der Waals surface area contributed by atoms with Gasteiger partial charge in [0.2, 0.25) is 0 Å². The Morgan fingerprint density at radius 1 is 0.212 bits per heavy atom. The average Bonchev–Trinajstić information content (AvgIpc) is 1.58. The molecule has 6 heterocycles. The molecule has 6 aromatic heterocycles. The molecular weight excluding hydrogens is 1390 g/mol. The van der Waals surface area contributed by atoms with Crippen molar-refractivity contribution in [1.29, 1.82) is 5.26 Å². The van der Waals surface area contributed by atoms with Crippen molar-refractivity contribution in [3.8, 4) is 165 Å². The van der Waals surface area contributed by atoms with Gasteiger partial charge in [-0.3, -0.25) is 0 Å². The van der Waals surface area contributed by atoms with Gasteiger partial charge in [0, 0.05) is 99.4 Å². The van der Waals surface area contributed by atoms with Crippen LogP contribution in [0, 0.1) is 18.3 Å². The Kier molecular flexibility index (Phi) is 16.8. The fraction of sp³-hybridized carbons (Fsp3) is 0.0102. The summed E-state index contributed by atoms with van der Waals surface area (Å²) in [5, 5.41) is 14.8. The molecule has 0 spiro atoms. The molecule has 14 aromatic carbocycles. The number of hydrogen-bond acceptors (Lipinski definition) is 13. The summed E-state index contributed by atoms with van der Waals surface area (Å²) in [7, 11) is 0. The highest BCUT2D eigenvalue weighted by Crippen LogP contribution is 2.46. The minimum Gasteiger partial charge on any atom is -0.309 e. The standard InChI is InChI=1S/C98H61N15/c1-61-27-26-44-75(86(61)113-84-53-48-73(97-108-91(67-36-18-6-19-37-67)102-92(109-97)68-38-20-7-21-39-68)58-79(84)80-59-74(49-54-85(80)113)98-110-93(69-40-22-8-23-41-69)103-94(111-98)70-42-24-9-25-43-70)76-55-62(60-99)45-50-81(76)112-82-51-46-71(95-104-87(63-28-10-2-11-29-63)100-88(105-95)64-30-12-3-13-31-64)56-77(82)78-57-72(47-52-83(78)112)96-106-89(65-32-14-4-15-33-65)101-90(107-96)66-34-16-5-17-35-66/h2-59H,1H3. The Hall–Kier alpha value is -15.8. The molecule has 0 radical (unpaired) electrons. The quantitative estimate of drug-likeness (QED) is 0.0944. The zero-order valence-electron chi connectivity index (χ0n) is 60.7. The number of nitrogens with zero attached hydrogens (tertiary/aromatic N) is 15. The topological polar surface area (TPSA) is 188 Å². The lowest BCUT2D eigenvalue weighted by Crippen LogP contribution is -2.04. The van der Waals surface area contributed by atoms with Crippen LogP contribution in [0.2, 0.25) is 0 Å². The first kappa shape index (κ1) is 66.6. The minimum atomic E-state index is 0.485. The Morgan fingerprint density at radius 3 is 0.699 bits per heavy atom. The molecule has 15 heteroatoms. The van der Waals surface area contributed by atoms with E-state index in [1.54, 1.807) is 0 Å². The lowest BCUT2D eigenvalue weighted by molar-refractivity contribution is 1.07. The molecule has 0 amide bonds. The van der Waals surface area contributed by atoms with Crippen molar-refractivity contribution in [3.05, 3.63) is 363 Å². The number of hydrogen-bond donors (Lipinski definition) is 0. The number of benzene rings is 14. The van der Waals surface area contributed by atoms with Crippen molar-refractivity contribution in [2.24, 2.45) is 0 Å². The molecule has 0 N–H and O–H groups in total. The van der Waals surface area contributed by atoms with E-state index in [9.17, 15) is 5.26 Å².